The van der Waals surface area contributed by atoms with Gasteiger partial charge in [-0.05, 0) is 18.2 Å². The van der Waals surface area contributed by atoms with Crippen molar-refractivity contribution in [2.75, 3.05) is 0 Å². The number of aromatic hydroxyl groups is 1. The summed E-state index contributed by atoms with van der Waals surface area (Å²) in [6.45, 7) is 0. The molecule has 0 amide bonds. The first kappa shape index (κ1) is 14.3. The topological polar surface area (TPSA) is 117 Å². The molecule has 7 nitrogen and oxygen atoms in total. The molecule has 4 rings (SSSR count). The van der Waals surface area contributed by atoms with Crippen LogP contribution in [0.5, 0.6) is 11.5 Å². The van der Waals surface area contributed by atoms with Crippen LogP contribution in [0.3, 0.4) is 0 Å². The fourth-order valence-corrected chi connectivity index (χ4v) is 5.40. The molecule has 0 saturated heterocycles. The van der Waals surface area contributed by atoms with Gasteiger partial charge in [-0.3, -0.25) is 14.4 Å². The lowest BCUT2D eigenvalue weighted by molar-refractivity contribution is -0.147. The molecule has 2 aliphatic heterocycles. The molecule has 1 aromatic carbocycles. The molecular formula is C14H9NO6S2. The number of carboxylic acid groups (broad SMARTS) is 1. The third-order valence-electron chi connectivity index (χ3n) is 3.91. The molecule has 118 valence electrons. The first-order valence-corrected chi connectivity index (χ1v) is 8.32. The fraction of sp³-hybridized carbons (Fsp3) is 0.214. The molecule has 0 radical (unpaired) electrons. The Morgan fingerprint density at radius 3 is 2.83 bits per heavy atom. The van der Waals surface area contributed by atoms with Crippen molar-refractivity contribution in [3.63, 3.8) is 0 Å². The molecular weight excluding hydrogens is 342 g/mol. The number of rotatable bonds is 1. The standard InChI is InChI=1S/C14H9NO6S2/c16-4-1-2-6-5(3-4)7-8(13(19)21-6)10(12(17)18)22-11-9(7)23-14(20)15-11/h1-3,7-8,10,16H,(H,15,20)(H,17,18)/t7-,8+,10+/m1/s1. The molecule has 0 spiro atoms. The normalized spacial score (nSPS) is 25.0. The Morgan fingerprint density at radius 2 is 2.09 bits per heavy atom. The number of nitrogens with one attached hydrogen (secondary N) is 1. The highest BCUT2D eigenvalue weighted by atomic mass is 32.2. The number of phenolic OH excluding ortho intramolecular Hbond substituents is 1. The third-order valence-corrected chi connectivity index (χ3v) is 6.31. The van der Waals surface area contributed by atoms with Gasteiger partial charge in [0.1, 0.15) is 16.7 Å². The molecule has 3 N–H and O–H groups in total. The van der Waals surface area contributed by atoms with Crippen molar-refractivity contribution in [1.29, 1.82) is 0 Å². The van der Waals surface area contributed by atoms with E-state index in [0.29, 0.717) is 15.5 Å². The summed E-state index contributed by atoms with van der Waals surface area (Å²) < 4.78 is 5.25. The maximum Gasteiger partial charge on any atom is 0.317 e. The van der Waals surface area contributed by atoms with Gasteiger partial charge < -0.3 is 19.9 Å². The van der Waals surface area contributed by atoms with Crippen LogP contribution in [-0.4, -0.2) is 32.4 Å². The van der Waals surface area contributed by atoms with Crippen LogP contribution in [-0.2, 0) is 9.59 Å². The number of carboxylic acids is 1. The highest BCUT2D eigenvalue weighted by molar-refractivity contribution is 8.00. The Balaban J connectivity index is 2.00. The number of thiazole rings is 1. The summed E-state index contributed by atoms with van der Waals surface area (Å²) in [7, 11) is 0. The summed E-state index contributed by atoms with van der Waals surface area (Å²) >= 11 is 1.89. The predicted molar refractivity (Wildman–Crippen MR) is 81.3 cm³/mol. The molecule has 9 heteroatoms. The van der Waals surface area contributed by atoms with Gasteiger partial charge in [0, 0.05) is 16.4 Å². The van der Waals surface area contributed by atoms with Crippen LogP contribution < -0.4 is 9.61 Å². The van der Waals surface area contributed by atoms with Crippen molar-refractivity contribution >= 4 is 35.0 Å². The highest BCUT2D eigenvalue weighted by Crippen LogP contribution is 2.53. The quantitative estimate of drug-likeness (QED) is 0.525. The largest absolute Gasteiger partial charge is 0.508 e. The van der Waals surface area contributed by atoms with Crippen molar-refractivity contribution < 1.29 is 24.5 Å². The molecule has 2 aliphatic rings. The van der Waals surface area contributed by atoms with Gasteiger partial charge in [0.15, 0.2) is 0 Å². The van der Waals surface area contributed by atoms with Crippen LogP contribution in [0.25, 0.3) is 0 Å². The number of benzene rings is 1. The number of ether oxygens (including phenoxy) is 1. The number of aromatic amines is 1. The molecule has 3 atom stereocenters. The molecule has 23 heavy (non-hydrogen) atoms. The second-order valence-corrected chi connectivity index (χ2v) is 7.40. The molecule has 1 aromatic heterocycles. The number of aliphatic carboxylic acids is 1. The molecule has 0 bridgehead atoms. The number of phenols is 1. The van der Waals surface area contributed by atoms with E-state index in [0.717, 1.165) is 23.1 Å². The maximum absolute atomic E-state index is 12.4. The highest BCUT2D eigenvalue weighted by Gasteiger charge is 2.51. The van der Waals surface area contributed by atoms with E-state index in [2.05, 4.69) is 4.98 Å². The fourth-order valence-electron chi connectivity index (χ4n) is 3.00. The number of carbonyl (C=O) groups is 2. The summed E-state index contributed by atoms with van der Waals surface area (Å²) in [5, 5.41) is 18.6. The van der Waals surface area contributed by atoms with Crippen LogP contribution in [0.2, 0.25) is 0 Å². The zero-order chi connectivity index (χ0) is 16.3. The minimum atomic E-state index is -1.15. The first-order chi connectivity index (χ1) is 11.0. The number of fused-ring (bicyclic) bond motifs is 5. The molecule has 0 saturated carbocycles. The lowest BCUT2D eigenvalue weighted by Gasteiger charge is -2.37. The van der Waals surface area contributed by atoms with Crippen LogP contribution in [0, 0.1) is 5.92 Å². The minimum Gasteiger partial charge on any atom is -0.508 e. The molecule has 0 unspecified atom stereocenters. The lowest BCUT2D eigenvalue weighted by Crippen LogP contribution is -2.44. The average molecular weight is 351 g/mol. The van der Waals surface area contributed by atoms with Crippen molar-refractivity contribution in [2.24, 2.45) is 5.92 Å². The van der Waals surface area contributed by atoms with E-state index in [1.165, 1.54) is 18.2 Å². The number of H-pyrrole nitrogens is 1. The molecule has 0 aliphatic carbocycles. The van der Waals surface area contributed by atoms with Gasteiger partial charge in [0.25, 0.3) is 0 Å². The number of aromatic nitrogens is 1. The second-order valence-electron chi connectivity index (χ2n) is 5.23. The van der Waals surface area contributed by atoms with Crippen molar-refractivity contribution in [3.8, 4) is 11.5 Å². The zero-order valence-corrected chi connectivity index (χ0v) is 12.9. The Kier molecular flexibility index (Phi) is 3.03. The van der Waals surface area contributed by atoms with Crippen molar-refractivity contribution in [2.45, 2.75) is 16.2 Å². The van der Waals surface area contributed by atoms with E-state index < -0.39 is 29.0 Å². The van der Waals surface area contributed by atoms with Crippen molar-refractivity contribution in [3.05, 3.63) is 38.3 Å². The molecule has 2 aromatic rings. The summed E-state index contributed by atoms with van der Waals surface area (Å²) in [5.74, 6) is -3.11. The van der Waals surface area contributed by atoms with Crippen molar-refractivity contribution in [1.82, 2.24) is 4.98 Å². The Hall–Kier alpha value is -2.26. The van der Waals surface area contributed by atoms with Gasteiger partial charge in [-0.2, -0.15) is 0 Å². The van der Waals surface area contributed by atoms with Gasteiger partial charge in [0.2, 0.25) is 0 Å². The second kappa shape index (κ2) is 4.87. The van der Waals surface area contributed by atoms with E-state index in [1.54, 1.807) is 0 Å². The Labute approximate surface area is 136 Å². The Bertz CT molecular complexity index is 901. The van der Waals surface area contributed by atoms with Crippen LogP contribution in [0.15, 0.2) is 28.0 Å². The molecule has 0 fully saturated rings. The van der Waals surface area contributed by atoms with E-state index >= 15 is 0 Å². The maximum atomic E-state index is 12.4. The summed E-state index contributed by atoms with van der Waals surface area (Å²) in [6, 6.07) is 4.30. The predicted octanol–water partition coefficient (Wildman–Crippen LogP) is 1.37. The van der Waals surface area contributed by atoms with Crippen LogP contribution in [0.1, 0.15) is 16.4 Å². The van der Waals surface area contributed by atoms with Crippen LogP contribution >= 0.6 is 23.1 Å². The monoisotopic (exact) mass is 351 g/mol. The summed E-state index contributed by atoms with van der Waals surface area (Å²) in [6.07, 6.45) is 0. The SMILES string of the molecule is O=C1Oc2ccc(O)cc2[C@H]2c3sc(=O)[nH]c3S[C@H](C(=O)O)[C@@H]12. The van der Waals surface area contributed by atoms with Gasteiger partial charge in [-0.15, -0.1) is 0 Å². The smallest absolute Gasteiger partial charge is 0.317 e. The number of hydrogen-bond donors (Lipinski definition) is 3. The van der Waals surface area contributed by atoms with Gasteiger partial charge in [-0.25, -0.2) is 0 Å². The van der Waals surface area contributed by atoms with Gasteiger partial charge >= 0.3 is 16.8 Å². The van der Waals surface area contributed by atoms with E-state index in [4.69, 9.17) is 4.74 Å². The number of hydrogen-bond acceptors (Lipinski definition) is 7. The van der Waals surface area contributed by atoms with E-state index in [-0.39, 0.29) is 16.4 Å². The summed E-state index contributed by atoms with van der Waals surface area (Å²) in [5.41, 5.74) is 0.512. The van der Waals surface area contributed by atoms with E-state index in [1.807, 2.05) is 0 Å². The van der Waals surface area contributed by atoms with E-state index in [9.17, 15) is 24.6 Å². The summed E-state index contributed by atoms with van der Waals surface area (Å²) in [4.78, 5) is 38.6. The molecule has 3 heterocycles. The number of carbonyl (C=O) groups excluding carboxylic acids is 1. The number of esters is 1. The first-order valence-electron chi connectivity index (χ1n) is 6.63. The minimum absolute atomic E-state index is 0.0185. The average Bonchev–Trinajstić information content (AvgIpc) is 2.86. The third kappa shape index (κ3) is 2.07. The lowest BCUT2D eigenvalue weighted by atomic mass is 9.80. The Morgan fingerprint density at radius 1 is 1.30 bits per heavy atom. The van der Waals surface area contributed by atoms with Gasteiger partial charge in [-0.1, -0.05) is 23.1 Å². The number of thioether (sulfide) groups is 1. The van der Waals surface area contributed by atoms with Crippen LogP contribution in [0.4, 0.5) is 0 Å². The zero-order valence-electron chi connectivity index (χ0n) is 11.3. The van der Waals surface area contributed by atoms with Gasteiger partial charge in [0.05, 0.1) is 10.9 Å².